The van der Waals surface area contributed by atoms with E-state index < -0.39 is 0 Å². The molecule has 0 radical (unpaired) electrons. The lowest BCUT2D eigenvalue weighted by atomic mass is 10.1. The predicted octanol–water partition coefficient (Wildman–Crippen LogP) is 6.05. The third kappa shape index (κ3) is 6.32. The molecule has 34 heavy (non-hydrogen) atoms. The number of methoxy groups -OCH3 is 1. The molecule has 2 atom stereocenters. The van der Waals surface area contributed by atoms with Gasteiger partial charge in [0.1, 0.15) is 11.6 Å². The lowest BCUT2D eigenvalue weighted by Gasteiger charge is -2.26. The van der Waals surface area contributed by atoms with E-state index in [1.807, 2.05) is 25.2 Å². The Bertz CT molecular complexity index is 1060. The van der Waals surface area contributed by atoms with E-state index in [2.05, 4.69) is 45.6 Å². The largest absolute Gasteiger partial charge is 0.496 e. The van der Waals surface area contributed by atoms with Crippen LogP contribution in [0.3, 0.4) is 0 Å². The molecule has 1 aliphatic rings. The van der Waals surface area contributed by atoms with Crippen molar-refractivity contribution in [1.82, 2.24) is 19.7 Å². The zero-order chi connectivity index (χ0) is 23.4. The molecule has 0 amide bonds. The minimum atomic E-state index is -0.187. The Labute approximate surface area is 212 Å². The Morgan fingerprint density at radius 2 is 1.94 bits per heavy atom. The molecule has 0 N–H and O–H groups in total. The van der Waals surface area contributed by atoms with Gasteiger partial charge < -0.3 is 14.2 Å². The van der Waals surface area contributed by atoms with Gasteiger partial charge in [0.2, 0.25) is 0 Å². The second-order valence-corrected chi connectivity index (χ2v) is 10.1. The number of thioether (sulfide) groups is 1. The van der Waals surface area contributed by atoms with Crippen molar-refractivity contribution < 1.29 is 9.13 Å². The molecule has 8 heteroatoms. The maximum absolute atomic E-state index is 13.8. The van der Waals surface area contributed by atoms with Crippen molar-refractivity contribution in [2.75, 3.05) is 26.0 Å². The van der Waals surface area contributed by atoms with E-state index in [1.165, 1.54) is 6.07 Å². The topological polar surface area (TPSA) is 43.2 Å². The monoisotopic (exact) mass is 504 g/mol. The van der Waals surface area contributed by atoms with Crippen molar-refractivity contribution in [3.8, 4) is 17.1 Å². The van der Waals surface area contributed by atoms with E-state index in [1.54, 1.807) is 31.0 Å². The van der Waals surface area contributed by atoms with Crippen molar-refractivity contribution in [2.45, 2.75) is 43.8 Å². The van der Waals surface area contributed by atoms with Crippen LogP contribution in [0.4, 0.5) is 4.39 Å². The SMILES string of the molecule is COc1ccc(F)cc1C1CC1CN(CCCSc1nnc(-c2ccccc2)n1C)C(C)C.Cl. The van der Waals surface area contributed by atoms with Crippen LogP contribution in [0, 0.1) is 11.7 Å². The summed E-state index contributed by atoms with van der Waals surface area (Å²) < 4.78 is 21.3. The van der Waals surface area contributed by atoms with Gasteiger partial charge >= 0.3 is 0 Å². The van der Waals surface area contributed by atoms with Crippen molar-refractivity contribution in [1.29, 1.82) is 0 Å². The van der Waals surface area contributed by atoms with E-state index in [0.717, 1.165) is 59.5 Å². The molecule has 1 heterocycles. The first-order chi connectivity index (χ1) is 16.0. The lowest BCUT2D eigenvalue weighted by molar-refractivity contribution is 0.212. The molecule has 5 nitrogen and oxygen atoms in total. The van der Waals surface area contributed by atoms with Crippen LogP contribution in [-0.2, 0) is 7.05 Å². The Balaban J connectivity index is 0.00000324. The van der Waals surface area contributed by atoms with Gasteiger partial charge in [-0.25, -0.2) is 4.39 Å². The van der Waals surface area contributed by atoms with Crippen LogP contribution in [0.5, 0.6) is 5.75 Å². The van der Waals surface area contributed by atoms with Gasteiger partial charge in [-0.3, -0.25) is 0 Å². The first-order valence-electron chi connectivity index (χ1n) is 11.6. The zero-order valence-electron chi connectivity index (χ0n) is 20.3. The molecule has 0 spiro atoms. The first-order valence-corrected chi connectivity index (χ1v) is 12.6. The summed E-state index contributed by atoms with van der Waals surface area (Å²) in [5.41, 5.74) is 2.09. The molecule has 4 rings (SSSR count). The molecule has 184 valence electrons. The van der Waals surface area contributed by atoms with Gasteiger partial charge in [0.25, 0.3) is 0 Å². The fourth-order valence-electron chi connectivity index (χ4n) is 4.40. The minimum Gasteiger partial charge on any atom is -0.496 e. The maximum atomic E-state index is 13.8. The number of aromatic nitrogens is 3. The summed E-state index contributed by atoms with van der Waals surface area (Å²) in [4.78, 5) is 2.54. The van der Waals surface area contributed by atoms with Gasteiger partial charge in [0, 0.05) is 36.5 Å². The highest BCUT2D eigenvalue weighted by molar-refractivity contribution is 7.99. The van der Waals surface area contributed by atoms with Crippen LogP contribution in [0.1, 0.15) is 38.2 Å². The van der Waals surface area contributed by atoms with Gasteiger partial charge in [0.05, 0.1) is 7.11 Å². The third-order valence-electron chi connectivity index (χ3n) is 6.40. The summed E-state index contributed by atoms with van der Waals surface area (Å²) in [5, 5.41) is 9.72. The van der Waals surface area contributed by atoms with Gasteiger partial charge in [-0.1, -0.05) is 42.1 Å². The lowest BCUT2D eigenvalue weighted by Crippen LogP contribution is -2.34. The summed E-state index contributed by atoms with van der Waals surface area (Å²) in [5.74, 6) is 3.46. The van der Waals surface area contributed by atoms with Crippen LogP contribution in [0.2, 0.25) is 0 Å². The van der Waals surface area contributed by atoms with E-state index >= 15 is 0 Å². The van der Waals surface area contributed by atoms with Crippen molar-refractivity contribution in [2.24, 2.45) is 13.0 Å². The van der Waals surface area contributed by atoms with Crippen LogP contribution >= 0.6 is 24.2 Å². The van der Waals surface area contributed by atoms with E-state index in [9.17, 15) is 4.39 Å². The molecular formula is C26H34ClFN4OS. The first kappa shape index (κ1) is 26.5. The summed E-state index contributed by atoms with van der Waals surface area (Å²) in [6.45, 7) is 6.58. The average molecular weight is 505 g/mol. The van der Waals surface area contributed by atoms with E-state index in [-0.39, 0.29) is 18.2 Å². The maximum Gasteiger partial charge on any atom is 0.191 e. The molecule has 0 saturated heterocycles. The summed E-state index contributed by atoms with van der Waals surface area (Å²) in [6.07, 6.45) is 2.18. The number of hydrogen-bond donors (Lipinski definition) is 0. The fraction of sp³-hybridized carbons (Fsp3) is 0.462. The van der Waals surface area contributed by atoms with Crippen LogP contribution in [-0.4, -0.2) is 51.7 Å². The molecule has 2 aromatic carbocycles. The highest BCUT2D eigenvalue weighted by atomic mass is 35.5. The molecule has 1 aromatic heterocycles. The van der Waals surface area contributed by atoms with Gasteiger partial charge in [-0.15, -0.1) is 22.6 Å². The zero-order valence-corrected chi connectivity index (χ0v) is 21.9. The van der Waals surface area contributed by atoms with Gasteiger partial charge in [-0.05, 0) is 63.3 Å². The molecule has 3 aromatic rings. The highest BCUT2D eigenvalue weighted by Gasteiger charge is 2.41. The number of ether oxygens (including phenoxy) is 1. The number of hydrogen-bond acceptors (Lipinski definition) is 5. The Hall–Kier alpha value is -2.09. The second-order valence-electron chi connectivity index (χ2n) is 9.01. The highest BCUT2D eigenvalue weighted by Crippen LogP contribution is 2.51. The van der Waals surface area contributed by atoms with Crippen LogP contribution in [0.25, 0.3) is 11.4 Å². The molecule has 1 fully saturated rings. The summed E-state index contributed by atoms with van der Waals surface area (Å²) in [7, 11) is 3.69. The summed E-state index contributed by atoms with van der Waals surface area (Å²) >= 11 is 1.76. The number of rotatable bonds is 11. The standard InChI is InChI=1S/C26H33FN4OS.ClH/c1-18(2)31(17-20-15-22(20)23-16-21(27)11-12-24(23)32-4)13-8-14-33-26-29-28-25(30(26)3)19-9-6-5-7-10-19;/h5-7,9-12,16,18,20,22H,8,13-15,17H2,1-4H3;1H. The van der Waals surface area contributed by atoms with Crippen LogP contribution < -0.4 is 4.74 Å². The Morgan fingerprint density at radius 3 is 2.65 bits per heavy atom. The molecule has 1 saturated carbocycles. The van der Waals surface area contributed by atoms with Crippen molar-refractivity contribution in [3.63, 3.8) is 0 Å². The third-order valence-corrected chi connectivity index (χ3v) is 7.51. The molecule has 2 unspecified atom stereocenters. The van der Waals surface area contributed by atoms with Crippen molar-refractivity contribution >= 4 is 24.2 Å². The van der Waals surface area contributed by atoms with E-state index in [0.29, 0.717) is 17.9 Å². The van der Waals surface area contributed by atoms with Crippen LogP contribution in [0.15, 0.2) is 53.7 Å². The number of halogens is 2. The molecule has 0 bridgehead atoms. The molecule has 1 aliphatic carbocycles. The second kappa shape index (κ2) is 12.0. The van der Waals surface area contributed by atoms with Crippen molar-refractivity contribution in [3.05, 3.63) is 59.9 Å². The average Bonchev–Trinajstić information content (AvgIpc) is 3.49. The molecule has 0 aliphatic heterocycles. The fourth-order valence-corrected chi connectivity index (χ4v) is 5.23. The number of benzene rings is 2. The van der Waals surface area contributed by atoms with Gasteiger partial charge in [0.15, 0.2) is 11.0 Å². The number of nitrogens with zero attached hydrogens (tertiary/aromatic N) is 4. The minimum absolute atomic E-state index is 0. The quantitative estimate of drug-likeness (QED) is 0.235. The predicted molar refractivity (Wildman–Crippen MR) is 140 cm³/mol. The normalized spacial score (nSPS) is 17.1. The Morgan fingerprint density at radius 1 is 1.18 bits per heavy atom. The molecular weight excluding hydrogens is 471 g/mol. The summed E-state index contributed by atoms with van der Waals surface area (Å²) in [6, 6.07) is 15.5. The van der Waals surface area contributed by atoms with Gasteiger partial charge in [-0.2, -0.15) is 0 Å². The van der Waals surface area contributed by atoms with E-state index in [4.69, 9.17) is 4.74 Å². The Kier molecular flexibility index (Phi) is 9.39. The smallest absolute Gasteiger partial charge is 0.191 e.